The van der Waals surface area contributed by atoms with Crippen LogP contribution < -0.4 is 0 Å². The Labute approximate surface area is 53.9 Å². The molecule has 0 radical (unpaired) electrons. The van der Waals surface area contributed by atoms with Crippen molar-refractivity contribution in [2.45, 2.75) is 0 Å². The number of hydrogen-bond donors (Lipinski definition) is 0. The first-order valence-electron chi connectivity index (χ1n) is 1.93. The zero-order valence-corrected chi connectivity index (χ0v) is 5.74. The molecule has 0 aliphatic rings. The first-order chi connectivity index (χ1) is 3.80. The third kappa shape index (κ3) is 0.966. The molecule has 0 N–H and O–H groups in total. The molecule has 0 aliphatic carbocycles. The van der Waals surface area contributed by atoms with Crippen LogP contribution in [0.1, 0.15) is 10.7 Å². The molecule has 0 saturated carbocycles. The summed E-state index contributed by atoms with van der Waals surface area (Å²) < 4.78 is 4.41. The Bertz CT molecular complexity index is 182. The fourth-order valence-corrected chi connectivity index (χ4v) is 0.561. The molecule has 0 bridgehead atoms. The average Bonchev–Trinajstić information content (AvgIpc) is 2.12. The predicted octanol–water partition coefficient (Wildman–Crippen LogP) is -0.284. The van der Waals surface area contributed by atoms with Gasteiger partial charge in [-0.05, 0) is 0 Å². The van der Waals surface area contributed by atoms with E-state index in [1.54, 1.807) is 0 Å². The van der Waals surface area contributed by atoms with Crippen molar-refractivity contribution in [3.8, 4) is 0 Å². The Kier molecular flexibility index (Phi) is 1.46. The molecule has 3 nitrogen and oxygen atoms in total. The summed E-state index contributed by atoms with van der Waals surface area (Å²) >= 11 is 1.83. The molecule has 4 heteroatoms. The normalized spacial score (nSPS) is 9.12. The summed E-state index contributed by atoms with van der Waals surface area (Å²) in [6, 6.07) is 0. The van der Waals surface area contributed by atoms with Crippen LogP contribution in [-0.4, -0.2) is 25.7 Å². The summed E-state index contributed by atoms with van der Waals surface area (Å²) in [7, 11) is 0. The SMILES string of the molecule is O=C([SeH])c1ncco1. The van der Waals surface area contributed by atoms with Crippen molar-refractivity contribution < 1.29 is 9.21 Å². The van der Waals surface area contributed by atoms with Gasteiger partial charge in [-0.25, -0.2) is 0 Å². The number of carbonyl (C=O) groups is 1. The number of nitrogens with zero attached hydrogens (tertiary/aromatic N) is 1. The van der Waals surface area contributed by atoms with E-state index in [1.165, 1.54) is 12.5 Å². The van der Waals surface area contributed by atoms with Crippen LogP contribution in [0.25, 0.3) is 0 Å². The van der Waals surface area contributed by atoms with Crippen LogP contribution in [0.2, 0.25) is 0 Å². The fourth-order valence-electron chi connectivity index (χ4n) is 0.329. The van der Waals surface area contributed by atoms with Crippen LogP contribution >= 0.6 is 0 Å². The number of hydrogen-bond acceptors (Lipinski definition) is 3. The second kappa shape index (κ2) is 2.11. The van der Waals surface area contributed by atoms with Crippen LogP contribution in [0.3, 0.4) is 0 Å². The molecule has 1 aromatic heterocycles. The summed E-state index contributed by atoms with van der Waals surface area (Å²) in [5, 5.41) is 0. The van der Waals surface area contributed by atoms with E-state index in [1.807, 2.05) is 16.0 Å². The Hall–Kier alpha value is -0.601. The van der Waals surface area contributed by atoms with Gasteiger partial charge >= 0.3 is 53.2 Å². The summed E-state index contributed by atoms with van der Waals surface area (Å²) in [5.74, 6) is 0.144. The Morgan fingerprint density at radius 3 is 2.88 bits per heavy atom. The molecule has 0 saturated heterocycles. The topological polar surface area (TPSA) is 43.1 Å². The molecule has 0 unspecified atom stereocenters. The summed E-state index contributed by atoms with van der Waals surface area (Å²) in [5.41, 5.74) is 0. The van der Waals surface area contributed by atoms with Gasteiger partial charge in [-0.2, -0.15) is 0 Å². The Morgan fingerprint density at radius 1 is 1.88 bits per heavy atom. The van der Waals surface area contributed by atoms with Gasteiger partial charge in [0.1, 0.15) is 0 Å². The molecular weight excluding hydrogens is 173 g/mol. The van der Waals surface area contributed by atoms with Gasteiger partial charge in [-0.3, -0.25) is 0 Å². The van der Waals surface area contributed by atoms with Crippen LogP contribution in [0.4, 0.5) is 0 Å². The minimum atomic E-state index is -0.206. The maximum absolute atomic E-state index is 10.3. The van der Waals surface area contributed by atoms with Gasteiger partial charge in [0.15, 0.2) is 0 Å². The van der Waals surface area contributed by atoms with Crippen molar-refractivity contribution in [2.75, 3.05) is 0 Å². The van der Waals surface area contributed by atoms with Crippen molar-refractivity contribution in [3.05, 3.63) is 18.4 Å². The number of aromatic nitrogens is 1. The van der Waals surface area contributed by atoms with Crippen molar-refractivity contribution in [1.82, 2.24) is 4.98 Å². The molecule has 8 heavy (non-hydrogen) atoms. The Balaban J connectivity index is 2.93. The molecular formula is C4H3NO2Se. The number of carbonyl (C=O) groups excluding carboxylic acids is 1. The van der Waals surface area contributed by atoms with E-state index in [4.69, 9.17) is 0 Å². The van der Waals surface area contributed by atoms with Crippen molar-refractivity contribution in [3.63, 3.8) is 0 Å². The molecule has 1 heterocycles. The molecule has 0 spiro atoms. The molecule has 0 aliphatic heterocycles. The van der Waals surface area contributed by atoms with Gasteiger partial charge in [0.2, 0.25) is 0 Å². The van der Waals surface area contributed by atoms with Gasteiger partial charge in [0.05, 0.1) is 0 Å². The molecule has 42 valence electrons. The summed E-state index contributed by atoms with van der Waals surface area (Å²) in [4.78, 5) is 13.9. The summed E-state index contributed by atoms with van der Waals surface area (Å²) in [6.45, 7) is 0. The predicted molar refractivity (Wildman–Crippen MR) is 28.0 cm³/mol. The monoisotopic (exact) mass is 177 g/mol. The minimum absolute atomic E-state index is 0.144. The third-order valence-corrected chi connectivity index (χ3v) is 1.02. The van der Waals surface area contributed by atoms with Crippen molar-refractivity contribution in [2.24, 2.45) is 0 Å². The van der Waals surface area contributed by atoms with Crippen LogP contribution in [-0.2, 0) is 0 Å². The van der Waals surface area contributed by atoms with Crippen molar-refractivity contribution in [1.29, 1.82) is 0 Å². The molecule has 0 atom stereocenters. The Morgan fingerprint density at radius 2 is 2.62 bits per heavy atom. The van der Waals surface area contributed by atoms with E-state index < -0.39 is 0 Å². The van der Waals surface area contributed by atoms with Gasteiger partial charge in [0, 0.05) is 0 Å². The van der Waals surface area contributed by atoms with E-state index in [2.05, 4.69) is 9.40 Å². The van der Waals surface area contributed by atoms with Gasteiger partial charge in [0.25, 0.3) is 0 Å². The second-order valence-electron chi connectivity index (χ2n) is 1.14. The maximum atomic E-state index is 10.3. The molecule has 0 fully saturated rings. The van der Waals surface area contributed by atoms with E-state index in [0.29, 0.717) is 0 Å². The molecule has 1 aromatic rings. The van der Waals surface area contributed by atoms with E-state index >= 15 is 0 Å². The van der Waals surface area contributed by atoms with Gasteiger partial charge < -0.3 is 0 Å². The van der Waals surface area contributed by atoms with Gasteiger partial charge in [-0.1, -0.05) is 0 Å². The van der Waals surface area contributed by atoms with Crippen LogP contribution in [0.5, 0.6) is 0 Å². The first-order valence-corrected chi connectivity index (χ1v) is 2.87. The fraction of sp³-hybridized carbons (Fsp3) is 0. The summed E-state index contributed by atoms with van der Waals surface area (Å²) in [6.07, 6.45) is 2.79. The van der Waals surface area contributed by atoms with Crippen LogP contribution in [0.15, 0.2) is 16.9 Å². The first kappa shape index (κ1) is 5.53. The zero-order chi connectivity index (χ0) is 5.98. The number of oxazole rings is 1. The number of rotatable bonds is 1. The molecule has 1 rings (SSSR count). The molecule has 0 amide bonds. The zero-order valence-electron chi connectivity index (χ0n) is 3.87. The average molecular weight is 176 g/mol. The van der Waals surface area contributed by atoms with E-state index in [9.17, 15) is 4.79 Å². The van der Waals surface area contributed by atoms with E-state index in [-0.39, 0.29) is 10.6 Å². The molecule has 0 aromatic carbocycles. The quantitative estimate of drug-likeness (QED) is 0.552. The van der Waals surface area contributed by atoms with E-state index in [0.717, 1.165) is 0 Å². The van der Waals surface area contributed by atoms with Crippen molar-refractivity contribution >= 4 is 20.7 Å². The standard InChI is InChI=1S/C4H3NO2Se/c6-4(8)3-5-1-2-7-3/h1-2H,(H,6,8). The third-order valence-electron chi connectivity index (χ3n) is 0.615. The van der Waals surface area contributed by atoms with Gasteiger partial charge in [-0.15, -0.1) is 0 Å². The van der Waals surface area contributed by atoms with Crippen LogP contribution in [0, 0.1) is 0 Å². The second-order valence-corrected chi connectivity index (χ2v) is 1.99.